The van der Waals surface area contributed by atoms with Gasteiger partial charge >= 0.3 is 0 Å². The molecule has 2 fully saturated rings. The number of nitrogens with zero attached hydrogens (tertiary/aromatic N) is 1. The number of amides is 1. The smallest absolute Gasteiger partial charge is 0.222 e. The van der Waals surface area contributed by atoms with Crippen molar-refractivity contribution in [3.8, 4) is 0 Å². The lowest BCUT2D eigenvalue weighted by molar-refractivity contribution is -0.132. The van der Waals surface area contributed by atoms with Gasteiger partial charge in [0, 0.05) is 19.0 Å². The summed E-state index contributed by atoms with van der Waals surface area (Å²) in [5.74, 6) is 0.939. The fourth-order valence-electron chi connectivity index (χ4n) is 3.91. The molecule has 3 rings (SSSR count). The van der Waals surface area contributed by atoms with Gasteiger partial charge in [-0.25, -0.2) is 0 Å². The fourth-order valence-corrected chi connectivity index (χ4v) is 3.91. The standard InChI is InChI=1S/C19H28N2O2.ClH/c22-18(16-5-2-1-3-6-16)13-17-7-4-12-21(17)19(23)9-8-15-10-11-20-14-15;/h1-3,5-6,15,17-18,20,22H,4,7-14H2;1H. The number of aliphatic hydroxyl groups is 1. The summed E-state index contributed by atoms with van der Waals surface area (Å²) >= 11 is 0. The Kier molecular flexibility index (Phi) is 7.53. The molecule has 4 nitrogen and oxygen atoms in total. The van der Waals surface area contributed by atoms with Crippen LogP contribution in [-0.4, -0.2) is 41.6 Å². The van der Waals surface area contributed by atoms with E-state index in [9.17, 15) is 9.90 Å². The zero-order chi connectivity index (χ0) is 16.1. The maximum absolute atomic E-state index is 12.6. The van der Waals surface area contributed by atoms with Crippen molar-refractivity contribution in [3.63, 3.8) is 0 Å². The lowest BCUT2D eigenvalue weighted by atomic mass is 9.99. The number of hydrogen-bond acceptors (Lipinski definition) is 3. The molecule has 0 radical (unpaired) electrons. The summed E-state index contributed by atoms with van der Waals surface area (Å²) < 4.78 is 0. The normalized spacial score (nSPS) is 24.6. The second-order valence-electron chi connectivity index (χ2n) is 6.94. The molecule has 2 N–H and O–H groups in total. The van der Waals surface area contributed by atoms with Crippen molar-refractivity contribution in [2.45, 2.75) is 50.7 Å². The summed E-state index contributed by atoms with van der Waals surface area (Å²) in [6.07, 6.45) is 5.10. The molecule has 0 aromatic heterocycles. The summed E-state index contributed by atoms with van der Waals surface area (Å²) in [6, 6.07) is 9.97. The number of halogens is 1. The zero-order valence-corrected chi connectivity index (χ0v) is 15.0. The van der Waals surface area contributed by atoms with E-state index in [2.05, 4.69) is 5.32 Å². The highest BCUT2D eigenvalue weighted by Gasteiger charge is 2.30. The second kappa shape index (κ2) is 9.40. The molecule has 2 aliphatic rings. The molecule has 134 valence electrons. The van der Waals surface area contributed by atoms with Gasteiger partial charge in [0.15, 0.2) is 0 Å². The zero-order valence-electron chi connectivity index (χ0n) is 14.2. The highest BCUT2D eigenvalue weighted by Crippen LogP contribution is 2.28. The number of carbonyl (C=O) groups excluding carboxylic acids is 1. The molecule has 0 saturated carbocycles. The van der Waals surface area contributed by atoms with E-state index >= 15 is 0 Å². The predicted molar refractivity (Wildman–Crippen MR) is 98.2 cm³/mol. The van der Waals surface area contributed by atoms with Crippen LogP contribution < -0.4 is 5.32 Å². The summed E-state index contributed by atoms with van der Waals surface area (Å²) in [7, 11) is 0. The summed E-state index contributed by atoms with van der Waals surface area (Å²) in [5, 5.41) is 13.8. The summed E-state index contributed by atoms with van der Waals surface area (Å²) in [6.45, 7) is 3.01. The van der Waals surface area contributed by atoms with Gasteiger partial charge in [-0.2, -0.15) is 0 Å². The average molecular weight is 353 g/mol. The van der Waals surface area contributed by atoms with E-state index in [0.29, 0.717) is 18.8 Å². The Labute approximate surface area is 151 Å². The lowest BCUT2D eigenvalue weighted by Crippen LogP contribution is -2.36. The van der Waals surface area contributed by atoms with Crippen LogP contribution in [0.3, 0.4) is 0 Å². The molecule has 0 spiro atoms. The Bertz CT molecular complexity index is 505. The molecule has 1 aromatic carbocycles. The quantitative estimate of drug-likeness (QED) is 0.827. The minimum absolute atomic E-state index is 0. The second-order valence-corrected chi connectivity index (χ2v) is 6.94. The molecule has 1 aromatic rings. The number of hydrogen-bond donors (Lipinski definition) is 2. The van der Waals surface area contributed by atoms with E-state index < -0.39 is 6.10 Å². The van der Waals surface area contributed by atoms with Gasteiger partial charge in [-0.1, -0.05) is 30.3 Å². The van der Waals surface area contributed by atoms with Crippen molar-refractivity contribution in [1.29, 1.82) is 0 Å². The third-order valence-corrected chi connectivity index (χ3v) is 5.31. The van der Waals surface area contributed by atoms with Crippen LogP contribution >= 0.6 is 12.4 Å². The van der Waals surface area contributed by atoms with Crippen LogP contribution in [0.15, 0.2) is 30.3 Å². The number of benzene rings is 1. The number of rotatable bonds is 6. The van der Waals surface area contributed by atoms with Gasteiger partial charge < -0.3 is 15.3 Å². The molecule has 0 bridgehead atoms. The van der Waals surface area contributed by atoms with Gasteiger partial charge in [0.1, 0.15) is 0 Å². The Morgan fingerprint density at radius 3 is 2.79 bits per heavy atom. The first-order valence-electron chi connectivity index (χ1n) is 8.97. The topological polar surface area (TPSA) is 52.6 Å². The molecule has 2 aliphatic heterocycles. The molecule has 24 heavy (non-hydrogen) atoms. The van der Waals surface area contributed by atoms with E-state index in [-0.39, 0.29) is 24.4 Å². The van der Waals surface area contributed by atoms with Crippen LogP contribution in [0.1, 0.15) is 50.2 Å². The van der Waals surface area contributed by atoms with Crippen LogP contribution in [0.4, 0.5) is 0 Å². The number of nitrogens with one attached hydrogen (secondary N) is 1. The molecule has 3 atom stereocenters. The van der Waals surface area contributed by atoms with E-state index in [1.807, 2.05) is 35.2 Å². The van der Waals surface area contributed by atoms with Crippen LogP contribution in [-0.2, 0) is 4.79 Å². The van der Waals surface area contributed by atoms with E-state index in [1.165, 1.54) is 6.42 Å². The maximum atomic E-state index is 12.6. The first-order valence-corrected chi connectivity index (χ1v) is 8.97. The molecular weight excluding hydrogens is 324 g/mol. The van der Waals surface area contributed by atoms with Crippen molar-refractivity contribution < 1.29 is 9.90 Å². The maximum Gasteiger partial charge on any atom is 0.222 e. The van der Waals surface area contributed by atoms with Crippen molar-refractivity contribution in [2.24, 2.45) is 5.92 Å². The van der Waals surface area contributed by atoms with Crippen LogP contribution in [0.25, 0.3) is 0 Å². The van der Waals surface area contributed by atoms with Gasteiger partial charge in [-0.3, -0.25) is 4.79 Å². The van der Waals surface area contributed by atoms with Crippen molar-refractivity contribution in [2.75, 3.05) is 19.6 Å². The summed E-state index contributed by atoms with van der Waals surface area (Å²) in [5.41, 5.74) is 0.948. The van der Waals surface area contributed by atoms with Gasteiger partial charge in [0.25, 0.3) is 0 Å². The molecule has 5 heteroatoms. The SMILES string of the molecule is Cl.O=C(CCC1CCNC1)N1CCCC1CC(O)c1ccccc1. The number of aliphatic hydroxyl groups excluding tert-OH is 1. The largest absolute Gasteiger partial charge is 0.388 e. The van der Waals surface area contributed by atoms with Crippen LogP contribution in [0, 0.1) is 5.92 Å². The van der Waals surface area contributed by atoms with E-state index in [1.54, 1.807) is 0 Å². The molecular formula is C19H29ClN2O2. The van der Waals surface area contributed by atoms with Gasteiger partial charge in [0.2, 0.25) is 5.91 Å². The molecule has 0 aliphatic carbocycles. The summed E-state index contributed by atoms with van der Waals surface area (Å²) in [4.78, 5) is 14.6. The Morgan fingerprint density at radius 2 is 2.08 bits per heavy atom. The first kappa shape index (κ1) is 19.2. The molecule has 3 unspecified atom stereocenters. The highest BCUT2D eigenvalue weighted by molar-refractivity contribution is 5.85. The minimum Gasteiger partial charge on any atom is -0.388 e. The van der Waals surface area contributed by atoms with Crippen LogP contribution in [0.2, 0.25) is 0 Å². The number of likely N-dealkylation sites (tertiary alicyclic amines) is 1. The Morgan fingerprint density at radius 1 is 1.29 bits per heavy atom. The third kappa shape index (κ3) is 4.95. The highest BCUT2D eigenvalue weighted by atomic mass is 35.5. The molecule has 2 heterocycles. The Hall–Kier alpha value is -1.10. The van der Waals surface area contributed by atoms with Crippen molar-refractivity contribution >= 4 is 18.3 Å². The third-order valence-electron chi connectivity index (χ3n) is 5.31. The minimum atomic E-state index is -0.478. The van der Waals surface area contributed by atoms with Crippen LogP contribution in [0.5, 0.6) is 0 Å². The Balaban J connectivity index is 0.00000208. The van der Waals surface area contributed by atoms with Gasteiger partial charge in [0.05, 0.1) is 6.10 Å². The predicted octanol–water partition coefficient (Wildman–Crippen LogP) is 2.91. The average Bonchev–Trinajstić information content (AvgIpc) is 3.25. The first-order chi connectivity index (χ1) is 11.2. The lowest BCUT2D eigenvalue weighted by Gasteiger charge is -2.27. The number of carbonyl (C=O) groups is 1. The van der Waals surface area contributed by atoms with Gasteiger partial charge in [-0.05, 0) is 56.7 Å². The molecule has 2 saturated heterocycles. The van der Waals surface area contributed by atoms with E-state index in [4.69, 9.17) is 0 Å². The fraction of sp³-hybridized carbons (Fsp3) is 0.632. The van der Waals surface area contributed by atoms with E-state index in [0.717, 1.165) is 44.5 Å². The monoisotopic (exact) mass is 352 g/mol. The van der Waals surface area contributed by atoms with Crippen molar-refractivity contribution in [3.05, 3.63) is 35.9 Å². The molecule has 1 amide bonds. The van der Waals surface area contributed by atoms with Gasteiger partial charge in [-0.15, -0.1) is 12.4 Å². The van der Waals surface area contributed by atoms with Crippen molar-refractivity contribution in [1.82, 2.24) is 10.2 Å².